The van der Waals surface area contributed by atoms with Gasteiger partial charge in [0.25, 0.3) is 0 Å². The summed E-state index contributed by atoms with van der Waals surface area (Å²) >= 11 is 0. The van der Waals surface area contributed by atoms with Gasteiger partial charge in [0.2, 0.25) is 5.91 Å². The zero-order valence-corrected chi connectivity index (χ0v) is 13.9. The summed E-state index contributed by atoms with van der Waals surface area (Å²) < 4.78 is 5.07. The fourth-order valence-corrected chi connectivity index (χ4v) is 2.38. The Labute approximate surface area is 133 Å². The third-order valence-electron chi connectivity index (χ3n) is 3.74. The molecule has 22 heavy (non-hydrogen) atoms. The summed E-state index contributed by atoms with van der Waals surface area (Å²) in [6.07, 6.45) is 8.52. The van der Waals surface area contributed by atoms with Crippen molar-refractivity contribution in [1.29, 1.82) is 0 Å². The van der Waals surface area contributed by atoms with Gasteiger partial charge in [-0.2, -0.15) is 0 Å². The molecule has 0 spiro atoms. The van der Waals surface area contributed by atoms with E-state index in [1.54, 1.807) is 12.1 Å². The molecular weight excluding hydrogens is 278 g/mol. The third-order valence-corrected chi connectivity index (χ3v) is 3.74. The van der Waals surface area contributed by atoms with Crippen LogP contribution in [0.15, 0.2) is 18.2 Å². The van der Waals surface area contributed by atoms with Crippen molar-refractivity contribution in [1.82, 2.24) is 5.32 Å². The van der Waals surface area contributed by atoms with Crippen LogP contribution in [0.4, 0.5) is 0 Å². The monoisotopic (exact) mass is 307 g/mol. The molecule has 0 aliphatic carbocycles. The van der Waals surface area contributed by atoms with E-state index in [-0.39, 0.29) is 11.7 Å². The Morgan fingerprint density at radius 1 is 1.18 bits per heavy atom. The van der Waals surface area contributed by atoms with Crippen LogP contribution < -0.4 is 10.1 Å². The lowest BCUT2D eigenvalue weighted by Crippen LogP contribution is -2.25. The van der Waals surface area contributed by atoms with E-state index in [2.05, 4.69) is 12.2 Å². The molecule has 0 saturated heterocycles. The van der Waals surface area contributed by atoms with Gasteiger partial charge < -0.3 is 15.2 Å². The standard InChI is InChI=1S/C18H29NO3/c1-3-4-5-6-7-8-9-18(21)19-13-12-15-10-11-16(20)17(14-15)22-2/h10-11,14,20H,3-9,12-13H2,1-2H3,(H,19,21). The predicted molar refractivity (Wildman–Crippen MR) is 89.4 cm³/mol. The van der Waals surface area contributed by atoms with Gasteiger partial charge in [-0.1, -0.05) is 45.1 Å². The molecule has 124 valence electrons. The number of amides is 1. The van der Waals surface area contributed by atoms with Crippen LogP contribution >= 0.6 is 0 Å². The highest BCUT2D eigenvalue weighted by molar-refractivity contribution is 5.75. The van der Waals surface area contributed by atoms with Gasteiger partial charge in [-0.25, -0.2) is 0 Å². The number of rotatable bonds is 11. The van der Waals surface area contributed by atoms with E-state index in [1.165, 1.54) is 32.8 Å². The number of methoxy groups -OCH3 is 1. The first-order valence-corrected chi connectivity index (χ1v) is 8.30. The number of carbonyl (C=O) groups is 1. The lowest BCUT2D eigenvalue weighted by molar-refractivity contribution is -0.121. The van der Waals surface area contributed by atoms with Gasteiger partial charge in [-0.15, -0.1) is 0 Å². The maximum Gasteiger partial charge on any atom is 0.220 e. The fourth-order valence-electron chi connectivity index (χ4n) is 2.38. The molecule has 0 unspecified atom stereocenters. The van der Waals surface area contributed by atoms with Gasteiger partial charge in [-0.3, -0.25) is 4.79 Å². The number of unbranched alkanes of at least 4 members (excludes halogenated alkanes) is 5. The molecule has 0 fully saturated rings. The van der Waals surface area contributed by atoms with Crippen molar-refractivity contribution in [3.63, 3.8) is 0 Å². The molecule has 1 rings (SSSR count). The van der Waals surface area contributed by atoms with Gasteiger partial charge in [-0.05, 0) is 30.5 Å². The maximum absolute atomic E-state index is 11.7. The molecule has 1 aromatic rings. The average molecular weight is 307 g/mol. The van der Waals surface area contributed by atoms with Gasteiger partial charge in [0, 0.05) is 13.0 Å². The molecule has 2 N–H and O–H groups in total. The second kappa shape index (κ2) is 10.9. The van der Waals surface area contributed by atoms with E-state index in [4.69, 9.17) is 4.74 Å². The van der Waals surface area contributed by atoms with Crippen molar-refractivity contribution in [2.75, 3.05) is 13.7 Å². The van der Waals surface area contributed by atoms with E-state index in [1.807, 2.05) is 6.07 Å². The first-order chi connectivity index (χ1) is 10.7. The topological polar surface area (TPSA) is 58.6 Å². The normalized spacial score (nSPS) is 10.5. The van der Waals surface area contributed by atoms with Crippen molar-refractivity contribution >= 4 is 5.91 Å². The number of nitrogens with one attached hydrogen (secondary N) is 1. The minimum atomic E-state index is 0.126. The first kappa shape index (κ1) is 18.3. The Hall–Kier alpha value is -1.71. The lowest BCUT2D eigenvalue weighted by Gasteiger charge is -2.08. The van der Waals surface area contributed by atoms with Crippen molar-refractivity contribution in [2.45, 2.75) is 58.3 Å². The van der Waals surface area contributed by atoms with E-state index in [0.29, 0.717) is 18.7 Å². The summed E-state index contributed by atoms with van der Waals surface area (Å²) in [4.78, 5) is 11.7. The van der Waals surface area contributed by atoms with Crippen LogP contribution in [-0.4, -0.2) is 24.7 Å². The molecule has 0 atom stereocenters. The largest absolute Gasteiger partial charge is 0.504 e. The van der Waals surface area contributed by atoms with E-state index < -0.39 is 0 Å². The molecule has 0 radical (unpaired) electrons. The molecule has 0 aliphatic rings. The summed E-state index contributed by atoms with van der Waals surface area (Å²) in [5.41, 5.74) is 1.04. The van der Waals surface area contributed by atoms with Crippen LogP contribution in [0.1, 0.15) is 57.4 Å². The maximum atomic E-state index is 11.7. The van der Waals surface area contributed by atoms with Crippen molar-refractivity contribution < 1.29 is 14.6 Å². The quantitative estimate of drug-likeness (QED) is 0.611. The Bertz CT molecular complexity index is 446. The van der Waals surface area contributed by atoms with Crippen LogP contribution in [-0.2, 0) is 11.2 Å². The fraction of sp³-hybridized carbons (Fsp3) is 0.611. The molecule has 0 aromatic heterocycles. The first-order valence-electron chi connectivity index (χ1n) is 8.30. The SMILES string of the molecule is CCCCCCCCC(=O)NCCc1ccc(O)c(OC)c1. The number of hydrogen-bond donors (Lipinski definition) is 2. The number of phenolic OH excluding ortho intramolecular Hbond substituents is 1. The molecule has 0 aliphatic heterocycles. The summed E-state index contributed by atoms with van der Waals surface area (Å²) in [5, 5.41) is 12.5. The minimum Gasteiger partial charge on any atom is -0.504 e. The zero-order chi connectivity index (χ0) is 16.2. The Morgan fingerprint density at radius 3 is 2.64 bits per heavy atom. The van der Waals surface area contributed by atoms with Crippen LogP contribution in [0.3, 0.4) is 0 Å². The minimum absolute atomic E-state index is 0.126. The van der Waals surface area contributed by atoms with Crippen LogP contribution in [0.5, 0.6) is 11.5 Å². The number of hydrogen-bond acceptors (Lipinski definition) is 3. The van der Waals surface area contributed by atoms with E-state index >= 15 is 0 Å². The summed E-state index contributed by atoms with van der Waals surface area (Å²) in [6.45, 7) is 2.82. The third kappa shape index (κ3) is 7.34. The van der Waals surface area contributed by atoms with Crippen molar-refractivity contribution in [3.8, 4) is 11.5 Å². The zero-order valence-electron chi connectivity index (χ0n) is 13.9. The molecular formula is C18H29NO3. The Morgan fingerprint density at radius 2 is 1.91 bits per heavy atom. The van der Waals surface area contributed by atoms with Gasteiger partial charge in [0.05, 0.1) is 7.11 Å². The highest BCUT2D eigenvalue weighted by Crippen LogP contribution is 2.26. The van der Waals surface area contributed by atoms with Crippen LogP contribution in [0.2, 0.25) is 0 Å². The van der Waals surface area contributed by atoms with Crippen LogP contribution in [0, 0.1) is 0 Å². The van der Waals surface area contributed by atoms with Crippen molar-refractivity contribution in [2.24, 2.45) is 0 Å². The molecule has 1 amide bonds. The number of phenols is 1. The molecule has 0 heterocycles. The predicted octanol–water partition coefficient (Wildman–Crippen LogP) is 3.81. The lowest BCUT2D eigenvalue weighted by atomic mass is 10.1. The van der Waals surface area contributed by atoms with Gasteiger partial charge >= 0.3 is 0 Å². The van der Waals surface area contributed by atoms with E-state index in [9.17, 15) is 9.90 Å². The molecule has 0 saturated carbocycles. The number of carbonyl (C=O) groups excluding carboxylic acids is 1. The Kier molecular flexibility index (Phi) is 9.12. The number of aromatic hydroxyl groups is 1. The molecule has 1 aromatic carbocycles. The number of ether oxygens (including phenoxy) is 1. The van der Waals surface area contributed by atoms with Gasteiger partial charge in [0.1, 0.15) is 0 Å². The second-order valence-corrected chi connectivity index (χ2v) is 5.62. The molecule has 0 bridgehead atoms. The number of benzene rings is 1. The summed E-state index contributed by atoms with van der Waals surface area (Å²) in [6, 6.07) is 5.26. The summed E-state index contributed by atoms with van der Waals surface area (Å²) in [5.74, 6) is 0.732. The van der Waals surface area contributed by atoms with Crippen molar-refractivity contribution in [3.05, 3.63) is 23.8 Å². The highest BCUT2D eigenvalue weighted by Gasteiger charge is 2.04. The van der Waals surface area contributed by atoms with E-state index in [0.717, 1.165) is 24.8 Å². The summed E-state index contributed by atoms with van der Waals surface area (Å²) in [7, 11) is 1.53. The average Bonchev–Trinajstić information content (AvgIpc) is 2.52. The highest BCUT2D eigenvalue weighted by atomic mass is 16.5. The molecule has 4 nitrogen and oxygen atoms in total. The van der Waals surface area contributed by atoms with Crippen LogP contribution in [0.25, 0.3) is 0 Å². The van der Waals surface area contributed by atoms with Gasteiger partial charge in [0.15, 0.2) is 11.5 Å². The second-order valence-electron chi connectivity index (χ2n) is 5.62. The smallest absolute Gasteiger partial charge is 0.220 e. The molecule has 4 heteroatoms. The Balaban J connectivity index is 2.14.